The zero-order valence-electron chi connectivity index (χ0n) is 8.31. The minimum Gasteiger partial charge on any atom is -0.390 e. The molecule has 0 saturated carbocycles. The van der Waals surface area contributed by atoms with Gasteiger partial charge in [-0.1, -0.05) is 45.4 Å². The van der Waals surface area contributed by atoms with Gasteiger partial charge in [0.25, 0.3) is 0 Å². The Morgan fingerprint density at radius 2 is 1.54 bits per heavy atom. The molecule has 1 unspecified atom stereocenters. The van der Waals surface area contributed by atoms with Crippen LogP contribution in [0.5, 0.6) is 0 Å². The molecule has 13 heavy (non-hydrogen) atoms. The first-order chi connectivity index (χ1) is 6.18. The summed E-state index contributed by atoms with van der Waals surface area (Å²) in [5.74, 6) is 0. The molecule has 0 aromatic rings. The molecule has 0 rings (SSSR count). The molecule has 0 fully saturated rings. The second-order valence-corrected chi connectivity index (χ2v) is 4.62. The zero-order valence-corrected chi connectivity index (χ0v) is 9.82. The number of unbranched alkanes of at least 4 members (excludes halogenated alkanes) is 5. The van der Waals surface area contributed by atoms with Crippen molar-refractivity contribution in [2.24, 2.45) is 0 Å². The fourth-order valence-corrected chi connectivity index (χ4v) is 1.51. The van der Waals surface area contributed by atoms with Crippen LogP contribution in [0.25, 0.3) is 0 Å². The molecule has 0 aliphatic rings. The van der Waals surface area contributed by atoms with E-state index in [0.29, 0.717) is 0 Å². The molecular formula is C10H20Cl2O. The summed E-state index contributed by atoms with van der Waals surface area (Å²) < 4.78 is 0. The summed E-state index contributed by atoms with van der Waals surface area (Å²) in [6, 6.07) is 0. The van der Waals surface area contributed by atoms with Gasteiger partial charge in [0.2, 0.25) is 0 Å². The van der Waals surface area contributed by atoms with Gasteiger partial charge in [0.1, 0.15) is 4.84 Å². The standard InChI is InChI=1S/C10H20Cl2O/c1-2-3-4-5-6-7-8-9(13)10(11)12/h9-10,13H,2-8H2,1H3. The lowest BCUT2D eigenvalue weighted by Crippen LogP contribution is -2.14. The predicted octanol–water partition coefficient (Wildman–Crippen LogP) is 3.90. The molecule has 0 heterocycles. The highest BCUT2D eigenvalue weighted by Crippen LogP contribution is 2.15. The molecule has 80 valence electrons. The summed E-state index contributed by atoms with van der Waals surface area (Å²) in [6.45, 7) is 2.20. The molecule has 0 amide bonds. The van der Waals surface area contributed by atoms with Gasteiger partial charge in [0, 0.05) is 0 Å². The third-order valence-corrected chi connectivity index (χ3v) is 2.73. The molecule has 0 radical (unpaired) electrons. The Bertz CT molecular complexity index is 107. The van der Waals surface area contributed by atoms with Gasteiger partial charge in [-0.3, -0.25) is 0 Å². The first kappa shape index (κ1) is 13.5. The lowest BCUT2D eigenvalue weighted by molar-refractivity contribution is 0.174. The molecule has 1 N–H and O–H groups in total. The van der Waals surface area contributed by atoms with Crippen LogP contribution in [0.2, 0.25) is 0 Å². The number of rotatable bonds is 8. The lowest BCUT2D eigenvalue weighted by Gasteiger charge is -2.10. The maximum Gasteiger partial charge on any atom is 0.133 e. The summed E-state index contributed by atoms with van der Waals surface area (Å²) in [7, 11) is 0. The maximum absolute atomic E-state index is 9.27. The van der Waals surface area contributed by atoms with Crippen LogP contribution in [0.4, 0.5) is 0 Å². The van der Waals surface area contributed by atoms with Gasteiger partial charge in [-0.2, -0.15) is 0 Å². The van der Waals surface area contributed by atoms with E-state index in [4.69, 9.17) is 23.2 Å². The number of aliphatic hydroxyl groups is 1. The molecular weight excluding hydrogens is 207 g/mol. The largest absolute Gasteiger partial charge is 0.390 e. The first-order valence-corrected chi connectivity index (χ1v) is 6.02. The van der Waals surface area contributed by atoms with Crippen molar-refractivity contribution in [2.45, 2.75) is 62.8 Å². The summed E-state index contributed by atoms with van der Waals surface area (Å²) in [4.78, 5) is -0.629. The molecule has 0 saturated heterocycles. The fourth-order valence-electron chi connectivity index (χ4n) is 1.26. The van der Waals surface area contributed by atoms with E-state index in [2.05, 4.69) is 6.92 Å². The van der Waals surface area contributed by atoms with Gasteiger partial charge in [0.05, 0.1) is 6.10 Å². The molecule has 0 spiro atoms. The summed E-state index contributed by atoms with van der Waals surface area (Å²) in [5.41, 5.74) is 0. The van der Waals surface area contributed by atoms with Crippen molar-refractivity contribution in [3.05, 3.63) is 0 Å². The fraction of sp³-hybridized carbons (Fsp3) is 1.00. The van der Waals surface area contributed by atoms with Crippen molar-refractivity contribution in [2.75, 3.05) is 0 Å². The predicted molar refractivity (Wildman–Crippen MR) is 59.5 cm³/mol. The topological polar surface area (TPSA) is 20.2 Å². The van der Waals surface area contributed by atoms with Crippen LogP contribution in [0.1, 0.15) is 51.9 Å². The molecule has 0 bridgehead atoms. The highest BCUT2D eigenvalue weighted by atomic mass is 35.5. The second-order valence-electron chi connectivity index (χ2n) is 3.46. The van der Waals surface area contributed by atoms with Crippen LogP contribution in [0, 0.1) is 0 Å². The number of hydrogen-bond donors (Lipinski definition) is 1. The molecule has 0 aliphatic carbocycles. The normalized spacial score (nSPS) is 13.6. The molecule has 1 atom stereocenters. The van der Waals surface area contributed by atoms with Gasteiger partial charge in [-0.25, -0.2) is 0 Å². The van der Waals surface area contributed by atoms with E-state index in [9.17, 15) is 5.11 Å². The number of hydrogen-bond acceptors (Lipinski definition) is 1. The molecule has 0 aliphatic heterocycles. The number of aliphatic hydroxyl groups excluding tert-OH is 1. The minimum absolute atomic E-state index is 0.547. The van der Waals surface area contributed by atoms with E-state index in [1.54, 1.807) is 0 Å². The van der Waals surface area contributed by atoms with Gasteiger partial charge < -0.3 is 5.11 Å². The van der Waals surface area contributed by atoms with Gasteiger partial charge in [-0.05, 0) is 6.42 Å². The second kappa shape index (κ2) is 9.11. The van der Waals surface area contributed by atoms with E-state index >= 15 is 0 Å². The van der Waals surface area contributed by atoms with Crippen molar-refractivity contribution >= 4 is 23.2 Å². The van der Waals surface area contributed by atoms with Crippen LogP contribution in [-0.4, -0.2) is 16.0 Å². The number of alkyl halides is 2. The Hall–Kier alpha value is 0.540. The SMILES string of the molecule is CCCCCCCCC(O)C(Cl)Cl. The van der Waals surface area contributed by atoms with Crippen LogP contribution in [0.3, 0.4) is 0 Å². The Balaban J connectivity index is 3.07. The van der Waals surface area contributed by atoms with E-state index in [0.717, 1.165) is 12.8 Å². The maximum atomic E-state index is 9.27. The van der Waals surface area contributed by atoms with Gasteiger partial charge >= 0.3 is 0 Å². The molecule has 0 aromatic carbocycles. The molecule has 0 aromatic heterocycles. The van der Waals surface area contributed by atoms with Gasteiger partial charge in [0.15, 0.2) is 0 Å². The van der Waals surface area contributed by atoms with Crippen molar-refractivity contribution < 1.29 is 5.11 Å². The molecule has 1 nitrogen and oxygen atoms in total. The van der Waals surface area contributed by atoms with E-state index in [1.165, 1.54) is 32.1 Å². The monoisotopic (exact) mass is 226 g/mol. The quantitative estimate of drug-likeness (QED) is 0.492. The Morgan fingerprint density at radius 1 is 1.00 bits per heavy atom. The first-order valence-electron chi connectivity index (χ1n) is 5.14. The van der Waals surface area contributed by atoms with Crippen LogP contribution >= 0.6 is 23.2 Å². The average molecular weight is 227 g/mol. The van der Waals surface area contributed by atoms with Crippen molar-refractivity contribution in [3.63, 3.8) is 0 Å². The molecule has 3 heteroatoms. The van der Waals surface area contributed by atoms with E-state index < -0.39 is 10.9 Å². The highest BCUT2D eigenvalue weighted by molar-refractivity contribution is 6.44. The van der Waals surface area contributed by atoms with Crippen LogP contribution in [-0.2, 0) is 0 Å². The third-order valence-electron chi connectivity index (χ3n) is 2.14. The third kappa shape index (κ3) is 8.86. The van der Waals surface area contributed by atoms with Crippen LogP contribution in [0.15, 0.2) is 0 Å². The van der Waals surface area contributed by atoms with Crippen molar-refractivity contribution in [3.8, 4) is 0 Å². The zero-order chi connectivity index (χ0) is 10.1. The van der Waals surface area contributed by atoms with Gasteiger partial charge in [-0.15, -0.1) is 23.2 Å². The Morgan fingerprint density at radius 3 is 2.08 bits per heavy atom. The Labute approximate surface area is 91.4 Å². The van der Waals surface area contributed by atoms with E-state index in [1.807, 2.05) is 0 Å². The number of halogens is 2. The smallest absolute Gasteiger partial charge is 0.133 e. The summed E-state index contributed by atoms with van der Waals surface area (Å²) >= 11 is 11.0. The van der Waals surface area contributed by atoms with Crippen LogP contribution < -0.4 is 0 Å². The lowest BCUT2D eigenvalue weighted by atomic mass is 10.1. The summed E-state index contributed by atoms with van der Waals surface area (Å²) in [6.07, 6.45) is 7.54. The van der Waals surface area contributed by atoms with Crippen molar-refractivity contribution in [1.29, 1.82) is 0 Å². The summed E-state index contributed by atoms with van der Waals surface area (Å²) in [5, 5.41) is 9.27. The van der Waals surface area contributed by atoms with Crippen molar-refractivity contribution in [1.82, 2.24) is 0 Å². The Kier molecular flexibility index (Phi) is 9.49. The highest BCUT2D eigenvalue weighted by Gasteiger charge is 2.11. The minimum atomic E-state index is -0.629. The van der Waals surface area contributed by atoms with E-state index in [-0.39, 0.29) is 0 Å². The average Bonchev–Trinajstić information content (AvgIpc) is 2.10.